The maximum atomic E-state index is 6.04. The Morgan fingerprint density at radius 3 is 2.95 bits per heavy atom. The lowest BCUT2D eigenvalue weighted by Gasteiger charge is -1.97. The van der Waals surface area contributed by atoms with Gasteiger partial charge in [-0.15, -0.1) is 11.3 Å². The fraction of sp³-hybridized carbons (Fsp3) is 0.0667. The van der Waals surface area contributed by atoms with E-state index in [1.54, 1.807) is 23.7 Å². The van der Waals surface area contributed by atoms with E-state index in [1.807, 2.05) is 24.4 Å². The highest BCUT2D eigenvalue weighted by molar-refractivity contribution is 7.18. The first-order valence-electron chi connectivity index (χ1n) is 6.64. The number of hydrogen-bond acceptors (Lipinski definition) is 7. The van der Waals surface area contributed by atoms with Crippen molar-refractivity contribution < 1.29 is 4.42 Å². The Morgan fingerprint density at radius 2 is 2.18 bits per heavy atom. The molecule has 0 atom stereocenters. The second kappa shape index (κ2) is 5.19. The first-order valence-corrected chi connectivity index (χ1v) is 7.46. The molecule has 4 heterocycles. The van der Waals surface area contributed by atoms with Crippen LogP contribution in [-0.2, 0) is 6.42 Å². The van der Waals surface area contributed by atoms with Gasteiger partial charge in [-0.1, -0.05) is 6.07 Å². The third kappa shape index (κ3) is 2.31. The molecule has 0 aromatic carbocycles. The Bertz CT molecular complexity index is 918. The van der Waals surface area contributed by atoms with E-state index in [2.05, 4.69) is 19.9 Å². The smallest absolute Gasteiger partial charge is 0.264 e. The molecule has 0 aliphatic carbocycles. The van der Waals surface area contributed by atoms with Gasteiger partial charge in [-0.3, -0.25) is 4.98 Å². The van der Waals surface area contributed by atoms with Gasteiger partial charge in [0.15, 0.2) is 0 Å². The van der Waals surface area contributed by atoms with Gasteiger partial charge >= 0.3 is 0 Å². The first-order chi connectivity index (χ1) is 10.8. The summed E-state index contributed by atoms with van der Waals surface area (Å²) in [7, 11) is 0. The molecule has 7 heteroatoms. The zero-order valence-electron chi connectivity index (χ0n) is 11.4. The van der Waals surface area contributed by atoms with Crippen LogP contribution >= 0.6 is 11.3 Å². The fourth-order valence-electron chi connectivity index (χ4n) is 2.21. The van der Waals surface area contributed by atoms with Crippen LogP contribution in [0.5, 0.6) is 0 Å². The first kappa shape index (κ1) is 12.9. The molecule has 2 N–H and O–H groups in total. The molecule has 4 rings (SSSR count). The maximum Gasteiger partial charge on any atom is 0.264 e. The Hall–Kier alpha value is -2.80. The molecule has 0 saturated heterocycles. The molecule has 108 valence electrons. The summed E-state index contributed by atoms with van der Waals surface area (Å²) in [4.78, 5) is 18.9. The van der Waals surface area contributed by atoms with E-state index in [4.69, 9.17) is 10.2 Å². The van der Waals surface area contributed by atoms with Gasteiger partial charge in [-0.25, -0.2) is 15.0 Å². The number of pyridine rings is 1. The number of nitrogen functional groups attached to an aromatic ring is 1. The van der Waals surface area contributed by atoms with Crippen LogP contribution in [0.3, 0.4) is 0 Å². The van der Waals surface area contributed by atoms with Crippen molar-refractivity contribution in [2.45, 2.75) is 6.42 Å². The van der Waals surface area contributed by atoms with E-state index in [0.717, 1.165) is 27.1 Å². The number of oxazole rings is 1. The van der Waals surface area contributed by atoms with Gasteiger partial charge in [0.2, 0.25) is 5.82 Å². The molecule has 0 aliphatic rings. The van der Waals surface area contributed by atoms with E-state index >= 15 is 0 Å². The van der Waals surface area contributed by atoms with Crippen molar-refractivity contribution in [2.75, 3.05) is 5.73 Å². The summed E-state index contributed by atoms with van der Waals surface area (Å²) < 4.78 is 5.23. The Morgan fingerprint density at radius 1 is 1.23 bits per heavy atom. The summed E-state index contributed by atoms with van der Waals surface area (Å²) >= 11 is 1.59. The molecule has 0 fully saturated rings. The van der Waals surface area contributed by atoms with Crippen molar-refractivity contribution in [3.8, 4) is 11.7 Å². The highest BCUT2D eigenvalue weighted by Crippen LogP contribution is 2.30. The van der Waals surface area contributed by atoms with Crippen LogP contribution in [0.4, 0.5) is 5.82 Å². The van der Waals surface area contributed by atoms with E-state index in [9.17, 15) is 0 Å². The summed E-state index contributed by atoms with van der Waals surface area (Å²) in [6.07, 6.45) is 7.46. The minimum atomic E-state index is 0.371. The lowest BCUT2D eigenvalue weighted by Crippen LogP contribution is -1.95. The van der Waals surface area contributed by atoms with E-state index in [-0.39, 0.29) is 0 Å². The summed E-state index contributed by atoms with van der Waals surface area (Å²) in [5.74, 6) is 1.22. The number of thiophene rings is 1. The summed E-state index contributed by atoms with van der Waals surface area (Å²) in [5.41, 5.74) is 7.19. The topological polar surface area (TPSA) is 90.7 Å². The molecule has 6 nitrogen and oxygen atoms in total. The molecular weight excluding hydrogens is 298 g/mol. The molecule has 0 saturated carbocycles. The molecule has 0 amide bonds. The fourth-order valence-corrected chi connectivity index (χ4v) is 3.28. The highest BCUT2D eigenvalue weighted by Gasteiger charge is 2.13. The molecule has 4 aromatic rings. The summed E-state index contributed by atoms with van der Waals surface area (Å²) in [6, 6.07) is 6.00. The predicted molar refractivity (Wildman–Crippen MR) is 84.4 cm³/mol. The zero-order chi connectivity index (χ0) is 14.9. The quantitative estimate of drug-likeness (QED) is 0.625. The Kier molecular flexibility index (Phi) is 3.05. The van der Waals surface area contributed by atoms with Crippen LogP contribution in [0.25, 0.3) is 21.9 Å². The number of aromatic nitrogens is 4. The number of hydrogen-bond donors (Lipinski definition) is 1. The molecule has 4 aromatic heterocycles. The summed E-state index contributed by atoms with van der Waals surface area (Å²) in [5, 5.41) is 0.860. The van der Waals surface area contributed by atoms with Gasteiger partial charge < -0.3 is 10.2 Å². The lowest BCUT2D eigenvalue weighted by molar-refractivity contribution is 0.569. The normalized spacial score (nSPS) is 11.1. The monoisotopic (exact) mass is 309 g/mol. The lowest BCUT2D eigenvalue weighted by atomic mass is 10.2. The van der Waals surface area contributed by atoms with Crippen LogP contribution in [0, 0.1) is 0 Å². The van der Waals surface area contributed by atoms with Gasteiger partial charge in [-0.05, 0) is 17.7 Å². The molecule has 0 spiro atoms. The van der Waals surface area contributed by atoms with Crippen LogP contribution in [0.1, 0.15) is 10.4 Å². The van der Waals surface area contributed by atoms with Crippen LogP contribution in [0.2, 0.25) is 0 Å². The minimum Gasteiger partial charge on any atom is -0.442 e. The summed E-state index contributed by atoms with van der Waals surface area (Å²) in [6.45, 7) is 0. The number of nitrogens with two attached hydrogens (primary N) is 1. The maximum absolute atomic E-state index is 6.04. The molecule has 0 unspecified atom stereocenters. The van der Waals surface area contributed by atoms with Gasteiger partial charge in [-0.2, -0.15) is 0 Å². The largest absolute Gasteiger partial charge is 0.442 e. The van der Waals surface area contributed by atoms with Crippen molar-refractivity contribution >= 4 is 27.4 Å². The average molecular weight is 309 g/mol. The minimum absolute atomic E-state index is 0.371. The van der Waals surface area contributed by atoms with Gasteiger partial charge in [0.05, 0.1) is 11.6 Å². The molecule has 0 aliphatic heterocycles. The zero-order valence-corrected chi connectivity index (χ0v) is 12.2. The molecule has 0 bridgehead atoms. The van der Waals surface area contributed by atoms with E-state index in [1.165, 1.54) is 6.26 Å². The Balaban J connectivity index is 1.76. The number of nitrogens with zero attached hydrogens (tertiary/aromatic N) is 4. The number of anilines is 1. The molecule has 0 radical (unpaired) electrons. The Labute approximate surface area is 129 Å². The number of rotatable bonds is 3. The van der Waals surface area contributed by atoms with Crippen LogP contribution in [-0.4, -0.2) is 19.9 Å². The van der Waals surface area contributed by atoms with E-state index in [0.29, 0.717) is 17.5 Å². The predicted octanol–water partition coefficient (Wildman–Crippen LogP) is 2.91. The SMILES string of the molecule is Nc1nc(-c2ncco2)nc2sc(Cc3cccnc3)cc12. The van der Waals surface area contributed by atoms with Gasteiger partial charge in [0.25, 0.3) is 5.89 Å². The third-order valence-corrected chi connectivity index (χ3v) is 4.23. The van der Waals surface area contributed by atoms with Crippen molar-refractivity contribution in [2.24, 2.45) is 0 Å². The van der Waals surface area contributed by atoms with Crippen molar-refractivity contribution in [3.63, 3.8) is 0 Å². The average Bonchev–Trinajstić information content (AvgIpc) is 3.17. The van der Waals surface area contributed by atoms with Crippen LogP contribution < -0.4 is 5.73 Å². The molecule has 22 heavy (non-hydrogen) atoms. The second-order valence-corrected chi connectivity index (χ2v) is 5.85. The number of fused-ring (bicyclic) bond motifs is 1. The van der Waals surface area contributed by atoms with E-state index < -0.39 is 0 Å². The van der Waals surface area contributed by atoms with Gasteiger partial charge in [0.1, 0.15) is 16.9 Å². The molecular formula is C15H11N5OS. The third-order valence-electron chi connectivity index (χ3n) is 3.20. The van der Waals surface area contributed by atoms with Crippen LogP contribution in [0.15, 0.2) is 47.5 Å². The van der Waals surface area contributed by atoms with Crippen molar-refractivity contribution in [1.29, 1.82) is 0 Å². The highest BCUT2D eigenvalue weighted by atomic mass is 32.1. The standard InChI is InChI=1S/C15H11N5OS/c16-12-11-7-10(6-9-2-1-3-17-8-9)22-15(11)20-13(19-12)14-18-4-5-21-14/h1-5,7-8H,6H2,(H2,16,19,20). The van der Waals surface area contributed by atoms with Crippen molar-refractivity contribution in [1.82, 2.24) is 19.9 Å². The van der Waals surface area contributed by atoms with Gasteiger partial charge in [0, 0.05) is 23.7 Å². The second-order valence-electron chi connectivity index (χ2n) is 4.74. The van der Waals surface area contributed by atoms with Crippen molar-refractivity contribution in [3.05, 3.63) is 53.5 Å².